The molecule has 0 fully saturated rings. The van der Waals surface area contributed by atoms with Crippen molar-refractivity contribution in [1.82, 2.24) is 20.1 Å². The zero-order valence-electron chi connectivity index (χ0n) is 13.1. The molecule has 0 saturated carbocycles. The van der Waals surface area contributed by atoms with Crippen LogP contribution in [0.4, 0.5) is 10.1 Å². The fraction of sp³-hybridized carbons (Fsp3) is 0.438. The molecular formula is C16H20FN5O. The molecular weight excluding hydrogens is 297 g/mol. The van der Waals surface area contributed by atoms with Crippen LogP contribution in [0.15, 0.2) is 18.2 Å². The molecule has 1 aliphatic heterocycles. The topological polar surface area (TPSA) is 71.8 Å². The van der Waals surface area contributed by atoms with Crippen molar-refractivity contribution in [3.8, 4) is 11.4 Å². The number of rotatable bonds is 4. The van der Waals surface area contributed by atoms with Crippen LogP contribution in [-0.4, -0.2) is 34.3 Å². The Kier molecular flexibility index (Phi) is 4.66. The maximum absolute atomic E-state index is 13.9. The van der Waals surface area contributed by atoms with Crippen LogP contribution < -0.4 is 10.6 Å². The summed E-state index contributed by atoms with van der Waals surface area (Å²) in [5.41, 5.74) is 0.917. The summed E-state index contributed by atoms with van der Waals surface area (Å²) in [6.45, 7) is 1.00. The molecule has 0 aliphatic carbocycles. The second-order valence-electron chi connectivity index (χ2n) is 5.68. The molecule has 23 heavy (non-hydrogen) atoms. The molecule has 1 aromatic heterocycles. The number of hydrogen-bond donors (Lipinski definition) is 2. The van der Waals surface area contributed by atoms with Gasteiger partial charge in [0.2, 0.25) is 5.91 Å². The molecule has 0 saturated heterocycles. The Bertz CT molecular complexity index is 712. The Labute approximate surface area is 134 Å². The van der Waals surface area contributed by atoms with Crippen LogP contribution in [0.3, 0.4) is 0 Å². The van der Waals surface area contributed by atoms with Crippen molar-refractivity contribution in [2.24, 2.45) is 0 Å². The van der Waals surface area contributed by atoms with Crippen molar-refractivity contribution >= 4 is 11.6 Å². The lowest BCUT2D eigenvalue weighted by Gasteiger charge is -2.10. The normalized spacial score (nSPS) is 14.2. The van der Waals surface area contributed by atoms with Crippen molar-refractivity contribution in [2.45, 2.75) is 32.2 Å². The third kappa shape index (κ3) is 3.39. The van der Waals surface area contributed by atoms with Crippen molar-refractivity contribution in [3.63, 3.8) is 0 Å². The van der Waals surface area contributed by atoms with Gasteiger partial charge >= 0.3 is 0 Å². The fourth-order valence-corrected chi connectivity index (χ4v) is 2.81. The first-order valence-electron chi connectivity index (χ1n) is 7.85. The third-order valence-corrected chi connectivity index (χ3v) is 3.95. The number of hydrogen-bond acceptors (Lipinski definition) is 4. The van der Waals surface area contributed by atoms with E-state index in [1.165, 1.54) is 12.5 Å². The Morgan fingerprint density at radius 3 is 3.00 bits per heavy atom. The lowest BCUT2D eigenvalue weighted by molar-refractivity contribution is -0.115. The lowest BCUT2D eigenvalue weighted by Crippen LogP contribution is -2.25. The van der Waals surface area contributed by atoms with Gasteiger partial charge in [-0.05, 0) is 38.1 Å². The largest absolute Gasteiger partial charge is 0.322 e. The average molecular weight is 317 g/mol. The first kappa shape index (κ1) is 15.6. The molecule has 122 valence electrons. The monoisotopic (exact) mass is 317 g/mol. The van der Waals surface area contributed by atoms with Crippen LogP contribution in [-0.2, 0) is 17.8 Å². The molecule has 0 spiro atoms. The molecule has 1 amide bonds. The Hall–Kier alpha value is -2.28. The molecule has 0 radical (unpaired) electrons. The van der Waals surface area contributed by atoms with E-state index in [0.29, 0.717) is 0 Å². The summed E-state index contributed by atoms with van der Waals surface area (Å²) in [7, 11) is 1.66. The van der Waals surface area contributed by atoms with Crippen LogP contribution in [0, 0.1) is 5.82 Å². The number of likely N-dealkylation sites (N-methyl/N-ethyl adjacent to an activating group) is 1. The van der Waals surface area contributed by atoms with Crippen molar-refractivity contribution in [2.75, 3.05) is 18.9 Å². The number of fused-ring (bicyclic) bond motifs is 1. The minimum absolute atomic E-state index is 0.129. The summed E-state index contributed by atoms with van der Waals surface area (Å²) in [6, 6.07) is 4.64. The Balaban J connectivity index is 1.92. The first-order valence-corrected chi connectivity index (χ1v) is 7.85. The standard InChI is InChI=1S/C16H20FN5O/c1-18-10-15(23)19-13-9-11(6-7-12(13)17)16-21-20-14-5-3-2-4-8-22(14)16/h6-7,9,18H,2-5,8,10H2,1H3,(H,19,23). The number of anilines is 1. The van der Waals surface area contributed by atoms with E-state index in [2.05, 4.69) is 25.4 Å². The summed E-state index contributed by atoms with van der Waals surface area (Å²) < 4.78 is 16.0. The molecule has 2 N–H and O–H groups in total. The highest BCUT2D eigenvalue weighted by Gasteiger charge is 2.17. The fourth-order valence-electron chi connectivity index (χ4n) is 2.81. The van der Waals surface area contributed by atoms with Gasteiger partial charge in [0.1, 0.15) is 11.6 Å². The minimum atomic E-state index is -0.464. The number of aromatic nitrogens is 3. The Morgan fingerprint density at radius 1 is 1.30 bits per heavy atom. The van der Waals surface area contributed by atoms with Crippen molar-refractivity contribution in [3.05, 3.63) is 29.8 Å². The van der Waals surface area contributed by atoms with Gasteiger partial charge in [-0.2, -0.15) is 0 Å². The van der Waals surface area contributed by atoms with Gasteiger partial charge in [-0.25, -0.2) is 4.39 Å². The smallest absolute Gasteiger partial charge is 0.238 e. The SMILES string of the molecule is CNCC(=O)Nc1cc(-c2nnc3n2CCCCC3)ccc1F. The summed E-state index contributed by atoms with van der Waals surface area (Å²) >= 11 is 0. The number of halogens is 1. The first-order chi connectivity index (χ1) is 11.2. The highest BCUT2D eigenvalue weighted by molar-refractivity contribution is 5.92. The molecule has 1 aliphatic rings. The van der Waals surface area contributed by atoms with Crippen LogP contribution in [0.2, 0.25) is 0 Å². The Morgan fingerprint density at radius 2 is 2.17 bits per heavy atom. The lowest BCUT2D eigenvalue weighted by atomic mass is 10.1. The highest BCUT2D eigenvalue weighted by Crippen LogP contribution is 2.26. The van der Waals surface area contributed by atoms with Gasteiger partial charge in [-0.3, -0.25) is 4.79 Å². The van der Waals surface area contributed by atoms with Gasteiger partial charge in [0, 0.05) is 18.5 Å². The zero-order valence-corrected chi connectivity index (χ0v) is 13.1. The van der Waals surface area contributed by atoms with E-state index in [4.69, 9.17) is 0 Å². The molecule has 0 bridgehead atoms. The van der Waals surface area contributed by atoms with Crippen LogP contribution in [0.1, 0.15) is 25.1 Å². The van der Waals surface area contributed by atoms with Gasteiger partial charge in [-0.1, -0.05) is 6.42 Å². The maximum Gasteiger partial charge on any atom is 0.238 e. The number of carbonyl (C=O) groups excluding carboxylic acids is 1. The van der Waals surface area contributed by atoms with Gasteiger partial charge in [0.05, 0.1) is 12.2 Å². The van der Waals surface area contributed by atoms with Crippen LogP contribution in [0.25, 0.3) is 11.4 Å². The molecule has 3 rings (SSSR count). The van der Waals surface area contributed by atoms with Gasteiger partial charge < -0.3 is 15.2 Å². The number of amides is 1. The number of carbonyl (C=O) groups is 1. The maximum atomic E-state index is 13.9. The predicted octanol–water partition coefficient (Wildman–Crippen LogP) is 1.97. The van der Waals surface area contributed by atoms with Crippen molar-refractivity contribution in [1.29, 1.82) is 0 Å². The van der Waals surface area contributed by atoms with E-state index < -0.39 is 5.82 Å². The summed E-state index contributed by atoms with van der Waals surface area (Å²) in [4.78, 5) is 11.7. The number of benzene rings is 1. The minimum Gasteiger partial charge on any atom is -0.322 e. The van der Waals surface area contributed by atoms with Crippen LogP contribution >= 0.6 is 0 Å². The zero-order chi connectivity index (χ0) is 16.2. The van der Waals surface area contributed by atoms with Gasteiger partial charge in [-0.15, -0.1) is 10.2 Å². The summed E-state index contributed by atoms with van der Waals surface area (Å²) in [6.07, 6.45) is 4.30. The molecule has 7 heteroatoms. The van der Waals surface area contributed by atoms with E-state index in [1.54, 1.807) is 19.2 Å². The quantitative estimate of drug-likeness (QED) is 0.904. The average Bonchev–Trinajstić information content (AvgIpc) is 2.78. The summed E-state index contributed by atoms with van der Waals surface area (Å²) in [5, 5.41) is 13.8. The van der Waals surface area contributed by atoms with Gasteiger partial charge in [0.15, 0.2) is 5.82 Å². The number of nitrogens with zero attached hydrogens (tertiary/aromatic N) is 3. The van der Waals surface area contributed by atoms with Gasteiger partial charge in [0.25, 0.3) is 0 Å². The molecule has 0 atom stereocenters. The van der Waals surface area contributed by atoms with E-state index in [1.807, 2.05) is 0 Å². The molecule has 6 nitrogen and oxygen atoms in total. The van der Waals surface area contributed by atoms with E-state index in [0.717, 1.165) is 43.0 Å². The second-order valence-corrected chi connectivity index (χ2v) is 5.68. The second kappa shape index (κ2) is 6.87. The van der Waals surface area contributed by atoms with E-state index in [-0.39, 0.29) is 18.1 Å². The molecule has 2 heterocycles. The van der Waals surface area contributed by atoms with Crippen molar-refractivity contribution < 1.29 is 9.18 Å². The number of nitrogens with one attached hydrogen (secondary N) is 2. The van der Waals surface area contributed by atoms with Crippen LogP contribution in [0.5, 0.6) is 0 Å². The third-order valence-electron chi connectivity index (χ3n) is 3.95. The van der Waals surface area contributed by atoms with E-state index in [9.17, 15) is 9.18 Å². The molecule has 2 aromatic rings. The molecule has 0 unspecified atom stereocenters. The predicted molar refractivity (Wildman–Crippen MR) is 85.5 cm³/mol. The molecule has 1 aromatic carbocycles. The number of aryl methyl sites for hydroxylation is 1. The summed E-state index contributed by atoms with van der Waals surface area (Å²) in [5.74, 6) is 0.950. The highest BCUT2D eigenvalue weighted by atomic mass is 19.1. The van der Waals surface area contributed by atoms with E-state index >= 15 is 0 Å².